The predicted octanol–water partition coefficient (Wildman–Crippen LogP) is 3.45. The predicted molar refractivity (Wildman–Crippen MR) is 123 cm³/mol. The van der Waals surface area contributed by atoms with Crippen molar-refractivity contribution in [2.24, 2.45) is 0 Å². The van der Waals surface area contributed by atoms with Gasteiger partial charge in [-0.3, -0.25) is 4.79 Å². The van der Waals surface area contributed by atoms with Gasteiger partial charge in [0.2, 0.25) is 0 Å². The zero-order chi connectivity index (χ0) is 22.2. The number of piperazine rings is 1. The maximum atomic E-state index is 13.3. The molecule has 0 bridgehead atoms. The van der Waals surface area contributed by atoms with Gasteiger partial charge in [-0.2, -0.15) is 4.37 Å². The summed E-state index contributed by atoms with van der Waals surface area (Å²) in [6.07, 6.45) is 1.00. The second-order valence-electron chi connectivity index (χ2n) is 7.88. The fourth-order valence-electron chi connectivity index (χ4n) is 3.66. The number of ether oxygens (including phenoxy) is 1. The monoisotopic (exact) mass is 459 g/mol. The van der Waals surface area contributed by atoms with Gasteiger partial charge in [-0.15, -0.1) is 0 Å². The van der Waals surface area contributed by atoms with E-state index in [1.807, 2.05) is 26.0 Å². The molecule has 31 heavy (non-hydrogen) atoms. The standard InChI is InChI=1S/C22H25N3O4S2/c1-15(2)29-19-9-8-16(31(3,27)28)14-18(19)22(26)25-12-10-24(11-13-25)21-17-6-4-5-7-20(17)30-23-21/h4-9,14-15H,10-13H2,1-3H3. The smallest absolute Gasteiger partial charge is 0.257 e. The molecule has 1 aliphatic rings. The van der Waals surface area contributed by atoms with Gasteiger partial charge in [0, 0.05) is 37.8 Å². The first-order valence-corrected chi connectivity index (χ1v) is 12.8. The first-order valence-electron chi connectivity index (χ1n) is 10.1. The van der Waals surface area contributed by atoms with Gasteiger partial charge in [0.25, 0.3) is 5.91 Å². The number of fused-ring (bicyclic) bond motifs is 1. The lowest BCUT2D eigenvalue weighted by Gasteiger charge is -2.35. The van der Waals surface area contributed by atoms with E-state index < -0.39 is 9.84 Å². The number of hydrogen-bond donors (Lipinski definition) is 0. The van der Waals surface area contributed by atoms with Crippen LogP contribution in [-0.2, 0) is 9.84 Å². The normalized spacial score (nSPS) is 15.0. The number of sulfone groups is 1. The van der Waals surface area contributed by atoms with Crippen molar-refractivity contribution in [3.63, 3.8) is 0 Å². The minimum absolute atomic E-state index is 0.111. The van der Waals surface area contributed by atoms with E-state index in [9.17, 15) is 13.2 Å². The molecule has 9 heteroatoms. The average Bonchev–Trinajstić information content (AvgIpc) is 3.16. The molecule has 0 N–H and O–H groups in total. The number of benzene rings is 2. The molecule has 1 fully saturated rings. The zero-order valence-corrected chi connectivity index (χ0v) is 19.4. The number of aromatic nitrogens is 1. The first kappa shape index (κ1) is 21.6. The SMILES string of the molecule is CC(C)Oc1ccc(S(C)(=O)=O)cc1C(=O)N1CCN(c2nsc3ccccc23)CC1. The Hall–Kier alpha value is -2.65. The maximum Gasteiger partial charge on any atom is 0.257 e. The Labute approximate surface area is 186 Å². The lowest BCUT2D eigenvalue weighted by molar-refractivity contribution is 0.0740. The highest BCUT2D eigenvalue weighted by Crippen LogP contribution is 2.31. The third-order valence-corrected chi connectivity index (χ3v) is 7.12. The third-order valence-electron chi connectivity index (χ3n) is 5.20. The molecule has 0 radical (unpaired) electrons. The van der Waals surface area contributed by atoms with E-state index in [1.165, 1.54) is 23.7 Å². The molecule has 1 amide bonds. The molecule has 2 heterocycles. The average molecular weight is 460 g/mol. The minimum Gasteiger partial charge on any atom is -0.490 e. The van der Waals surface area contributed by atoms with Crippen LogP contribution >= 0.6 is 11.5 Å². The fourth-order valence-corrected chi connectivity index (χ4v) is 5.10. The van der Waals surface area contributed by atoms with Gasteiger partial charge in [0.05, 0.1) is 21.3 Å². The number of nitrogens with zero attached hydrogens (tertiary/aromatic N) is 3. The highest BCUT2D eigenvalue weighted by Gasteiger charge is 2.27. The van der Waals surface area contributed by atoms with Crippen molar-refractivity contribution in [1.82, 2.24) is 9.27 Å². The Bertz CT molecular complexity index is 1210. The van der Waals surface area contributed by atoms with Gasteiger partial charge in [-0.05, 0) is 55.7 Å². The van der Waals surface area contributed by atoms with Gasteiger partial charge in [0.15, 0.2) is 9.84 Å². The quantitative estimate of drug-likeness (QED) is 0.581. The number of anilines is 1. The fraction of sp³-hybridized carbons (Fsp3) is 0.364. The van der Waals surface area contributed by atoms with Crippen molar-refractivity contribution in [3.05, 3.63) is 48.0 Å². The van der Waals surface area contributed by atoms with E-state index in [-0.39, 0.29) is 22.5 Å². The lowest BCUT2D eigenvalue weighted by Crippen LogP contribution is -2.49. The molecular formula is C22H25N3O4S2. The summed E-state index contributed by atoms with van der Waals surface area (Å²) >= 11 is 1.48. The van der Waals surface area contributed by atoms with Gasteiger partial charge < -0.3 is 14.5 Å². The van der Waals surface area contributed by atoms with Crippen LogP contribution in [0.25, 0.3) is 10.1 Å². The number of carbonyl (C=O) groups is 1. The summed E-state index contributed by atoms with van der Waals surface area (Å²) in [5, 5.41) is 1.13. The number of rotatable bonds is 5. The summed E-state index contributed by atoms with van der Waals surface area (Å²) in [6.45, 7) is 6.10. The Morgan fingerprint density at radius 3 is 2.48 bits per heavy atom. The highest BCUT2D eigenvalue weighted by atomic mass is 32.2. The zero-order valence-electron chi connectivity index (χ0n) is 17.7. The summed E-state index contributed by atoms with van der Waals surface area (Å²) in [7, 11) is -3.44. The first-order chi connectivity index (χ1) is 14.7. The highest BCUT2D eigenvalue weighted by molar-refractivity contribution is 7.90. The largest absolute Gasteiger partial charge is 0.490 e. The Kier molecular flexibility index (Phi) is 5.90. The molecule has 1 saturated heterocycles. The molecule has 0 unspecified atom stereocenters. The van der Waals surface area contributed by atoms with E-state index in [2.05, 4.69) is 21.4 Å². The van der Waals surface area contributed by atoms with E-state index in [0.29, 0.717) is 31.9 Å². The molecule has 0 aliphatic carbocycles. The van der Waals surface area contributed by atoms with Crippen molar-refractivity contribution in [1.29, 1.82) is 0 Å². The van der Waals surface area contributed by atoms with Crippen molar-refractivity contribution >= 4 is 43.2 Å². The molecule has 4 rings (SSSR count). The summed E-state index contributed by atoms with van der Waals surface area (Å²) in [5.41, 5.74) is 0.282. The molecule has 7 nitrogen and oxygen atoms in total. The maximum absolute atomic E-state index is 13.3. The summed E-state index contributed by atoms with van der Waals surface area (Å²) in [6, 6.07) is 12.6. The van der Waals surface area contributed by atoms with Crippen LogP contribution in [0.15, 0.2) is 47.4 Å². The minimum atomic E-state index is -3.44. The molecular weight excluding hydrogens is 434 g/mol. The summed E-state index contributed by atoms with van der Waals surface area (Å²) in [5.74, 6) is 1.14. The number of carbonyl (C=O) groups excluding carboxylic acids is 1. The van der Waals surface area contributed by atoms with Gasteiger partial charge in [-0.25, -0.2) is 8.42 Å². The van der Waals surface area contributed by atoms with E-state index >= 15 is 0 Å². The summed E-state index contributed by atoms with van der Waals surface area (Å²) < 4.78 is 35.6. The van der Waals surface area contributed by atoms with E-state index in [1.54, 1.807) is 11.0 Å². The van der Waals surface area contributed by atoms with Crippen molar-refractivity contribution < 1.29 is 17.9 Å². The van der Waals surface area contributed by atoms with Crippen LogP contribution in [0.5, 0.6) is 5.75 Å². The van der Waals surface area contributed by atoms with Crippen LogP contribution in [0.3, 0.4) is 0 Å². The lowest BCUT2D eigenvalue weighted by atomic mass is 10.1. The van der Waals surface area contributed by atoms with Crippen LogP contribution in [0, 0.1) is 0 Å². The molecule has 0 spiro atoms. The van der Waals surface area contributed by atoms with Crippen molar-refractivity contribution in [3.8, 4) is 5.75 Å². The van der Waals surface area contributed by atoms with Crippen molar-refractivity contribution in [2.45, 2.75) is 24.8 Å². The van der Waals surface area contributed by atoms with Gasteiger partial charge in [-0.1, -0.05) is 12.1 Å². The van der Waals surface area contributed by atoms with E-state index in [0.717, 1.165) is 22.2 Å². The Morgan fingerprint density at radius 2 is 1.81 bits per heavy atom. The van der Waals surface area contributed by atoms with Crippen LogP contribution in [0.4, 0.5) is 5.82 Å². The van der Waals surface area contributed by atoms with Gasteiger partial charge >= 0.3 is 0 Å². The molecule has 0 saturated carbocycles. The van der Waals surface area contributed by atoms with Gasteiger partial charge in [0.1, 0.15) is 11.6 Å². The second-order valence-corrected chi connectivity index (χ2v) is 10.7. The Morgan fingerprint density at radius 1 is 1.10 bits per heavy atom. The molecule has 1 aliphatic heterocycles. The molecule has 3 aromatic rings. The Balaban J connectivity index is 1.55. The molecule has 2 aromatic carbocycles. The van der Waals surface area contributed by atoms with Crippen LogP contribution in [-0.4, -0.2) is 62.1 Å². The van der Waals surface area contributed by atoms with Crippen LogP contribution in [0.2, 0.25) is 0 Å². The third kappa shape index (κ3) is 4.52. The number of amides is 1. The topological polar surface area (TPSA) is 79.8 Å². The van der Waals surface area contributed by atoms with Crippen molar-refractivity contribution in [2.75, 3.05) is 37.3 Å². The molecule has 1 aromatic heterocycles. The summed E-state index contributed by atoms with van der Waals surface area (Å²) in [4.78, 5) is 17.4. The molecule has 0 atom stereocenters. The van der Waals surface area contributed by atoms with E-state index in [4.69, 9.17) is 4.74 Å². The van der Waals surface area contributed by atoms with Crippen LogP contribution < -0.4 is 9.64 Å². The molecule has 164 valence electrons. The van der Waals surface area contributed by atoms with Crippen LogP contribution in [0.1, 0.15) is 24.2 Å². The number of hydrogen-bond acceptors (Lipinski definition) is 7. The second kappa shape index (κ2) is 8.47.